The summed E-state index contributed by atoms with van der Waals surface area (Å²) in [7, 11) is 0. The van der Waals surface area contributed by atoms with Crippen LogP contribution in [0.4, 0.5) is 14.9 Å². The second-order valence-electron chi connectivity index (χ2n) is 8.66. The summed E-state index contributed by atoms with van der Waals surface area (Å²) >= 11 is 0. The maximum Gasteiger partial charge on any atom is 0.322 e. The molecular weight excluding hydrogens is 383 g/mol. The number of nitrogens with one attached hydrogen (secondary N) is 1. The number of rotatable bonds is 5. The first-order chi connectivity index (χ1) is 14.3. The molecule has 1 aliphatic heterocycles. The van der Waals surface area contributed by atoms with Gasteiger partial charge in [-0.1, -0.05) is 13.0 Å². The summed E-state index contributed by atoms with van der Waals surface area (Å²) in [5.74, 6) is 0.534. The van der Waals surface area contributed by atoms with E-state index >= 15 is 0 Å². The van der Waals surface area contributed by atoms with E-state index in [0.29, 0.717) is 24.0 Å². The lowest BCUT2D eigenvalue weighted by Gasteiger charge is -2.65. The average Bonchev–Trinajstić information content (AvgIpc) is 2.69. The molecule has 2 aliphatic rings. The number of aromatic nitrogens is 2. The number of ether oxygens (including phenoxy) is 1. The minimum absolute atomic E-state index is 0.00607. The third-order valence-electron chi connectivity index (χ3n) is 6.55. The SMILES string of the molecule is CCO[C@H](C)C12CC(C[C@H](C)C1)N2C(=O)Nc1ccc(C)c(-c2ncc(F)cn2)c1. The van der Waals surface area contributed by atoms with Gasteiger partial charge < -0.3 is 15.0 Å². The lowest BCUT2D eigenvalue weighted by Crippen LogP contribution is -2.76. The molecule has 7 heteroatoms. The van der Waals surface area contributed by atoms with E-state index in [-0.39, 0.29) is 23.7 Å². The topological polar surface area (TPSA) is 67.3 Å². The summed E-state index contributed by atoms with van der Waals surface area (Å²) in [5, 5.41) is 3.06. The molecule has 160 valence electrons. The van der Waals surface area contributed by atoms with E-state index in [0.717, 1.165) is 42.8 Å². The number of hydrogen-bond acceptors (Lipinski definition) is 4. The molecule has 1 saturated carbocycles. The van der Waals surface area contributed by atoms with Crippen molar-refractivity contribution < 1.29 is 13.9 Å². The molecule has 1 N–H and O–H groups in total. The molecule has 2 heterocycles. The first kappa shape index (κ1) is 20.7. The van der Waals surface area contributed by atoms with Gasteiger partial charge >= 0.3 is 6.03 Å². The van der Waals surface area contributed by atoms with Gasteiger partial charge in [0.15, 0.2) is 11.6 Å². The number of anilines is 1. The van der Waals surface area contributed by atoms with Crippen LogP contribution in [0.25, 0.3) is 11.4 Å². The van der Waals surface area contributed by atoms with Crippen molar-refractivity contribution in [3.63, 3.8) is 0 Å². The molecule has 6 nitrogen and oxygen atoms in total. The number of carbonyl (C=O) groups is 1. The third kappa shape index (κ3) is 3.55. The van der Waals surface area contributed by atoms with E-state index in [4.69, 9.17) is 4.74 Å². The molecule has 4 rings (SSSR count). The molecule has 1 aliphatic carbocycles. The fraction of sp³-hybridized carbons (Fsp3) is 0.522. The monoisotopic (exact) mass is 412 g/mol. The van der Waals surface area contributed by atoms with Gasteiger partial charge in [-0.25, -0.2) is 19.2 Å². The number of urea groups is 1. The smallest absolute Gasteiger partial charge is 0.322 e. The van der Waals surface area contributed by atoms with Gasteiger partial charge in [-0.3, -0.25) is 0 Å². The summed E-state index contributed by atoms with van der Waals surface area (Å²) in [5.41, 5.74) is 2.15. The fourth-order valence-electron chi connectivity index (χ4n) is 5.25. The van der Waals surface area contributed by atoms with Crippen molar-refractivity contribution >= 4 is 11.7 Å². The number of aryl methyl sites for hydroxylation is 1. The van der Waals surface area contributed by atoms with Crippen LogP contribution in [-0.4, -0.2) is 45.2 Å². The molecule has 2 aromatic rings. The second-order valence-corrected chi connectivity index (χ2v) is 8.66. The minimum Gasteiger partial charge on any atom is -0.376 e. The van der Waals surface area contributed by atoms with E-state index in [1.165, 1.54) is 0 Å². The summed E-state index contributed by atoms with van der Waals surface area (Å²) < 4.78 is 19.1. The summed E-state index contributed by atoms with van der Waals surface area (Å²) in [4.78, 5) is 23.4. The number of piperidine rings is 1. The van der Waals surface area contributed by atoms with Crippen LogP contribution in [0.5, 0.6) is 0 Å². The molecule has 2 fully saturated rings. The quantitative estimate of drug-likeness (QED) is 0.767. The first-order valence-corrected chi connectivity index (χ1v) is 10.6. The second kappa shape index (κ2) is 7.95. The highest BCUT2D eigenvalue weighted by Crippen LogP contribution is 2.52. The molecule has 0 radical (unpaired) electrons. The van der Waals surface area contributed by atoms with E-state index in [1.54, 1.807) is 0 Å². The lowest BCUT2D eigenvalue weighted by molar-refractivity contribution is -0.162. The van der Waals surface area contributed by atoms with Gasteiger partial charge in [-0.05, 0) is 63.6 Å². The zero-order chi connectivity index (χ0) is 21.5. The molecular formula is C23H29FN4O2. The lowest BCUT2D eigenvalue weighted by atomic mass is 9.62. The molecule has 1 aromatic heterocycles. The first-order valence-electron chi connectivity index (χ1n) is 10.6. The highest BCUT2D eigenvalue weighted by molar-refractivity contribution is 5.92. The number of likely N-dealkylation sites (tertiary alicyclic amines) is 1. The number of amides is 2. The molecule has 1 saturated heterocycles. The van der Waals surface area contributed by atoms with Crippen LogP contribution in [0.3, 0.4) is 0 Å². The number of halogens is 1. The Morgan fingerprint density at radius 1 is 1.37 bits per heavy atom. The molecule has 4 atom stereocenters. The standard InChI is InChI=1S/C23H29FN4O2/c1-5-30-16(4)23-10-14(2)8-19(11-23)28(23)22(29)27-18-7-6-15(3)20(9-18)21-25-12-17(24)13-26-21/h6-7,9,12-14,16,19H,5,8,10-11H2,1-4H3,(H,27,29)/t14-,16+,19?,23?/m0/s1. The van der Waals surface area contributed by atoms with Gasteiger partial charge in [0.2, 0.25) is 0 Å². The summed E-state index contributed by atoms with van der Waals surface area (Å²) in [6, 6.07) is 5.78. The van der Waals surface area contributed by atoms with Crippen LogP contribution >= 0.6 is 0 Å². The summed E-state index contributed by atoms with van der Waals surface area (Å²) in [6.07, 6.45) is 5.27. The summed E-state index contributed by atoms with van der Waals surface area (Å²) in [6.45, 7) is 8.90. The highest BCUT2D eigenvalue weighted by Gasteiger charge is 2.61. The van der Waals surface area contributed by atoms with Crippen molar-refractivity contribution in [1.29, 1.82) is 0 Å². The maximum absolute atomic E-state index is 13.3. The minimum atomic E-state index is -0.479. The zero-order valence-corrected chi connectivity index (χ0v) is 18.0. The van der Waals surface area contributed by atoms with Crippen molar-refractivity contribution in [2.75, 3.05) is 11.9 Å². The van der Waals surface area contributed by atoms with Gasteiger partial charge in [0.1, 0.15) is 0 Å². The molecule has 0 spiro atoms. The Hall–Kier alpha value is -2.54. The van der Waals surface area contributed by atoms with Crippen LogP contribution in [0.15, 0.2) is 30.6 Å². The van der Waals surface area contributed by atoms with Gasteiger partial charge in [0.25, 0.3) is 0 Å². The Morgan fingerprint density at radius 3 is 2.80 bits per heavy atom. The van der Waals surface area contributed by atoms with Crippen molar-refractivity contribution in [2.24, 2.45) is 5.92 Å². The Kier molecular flexibility index (Phi) is 5.49. The van der Waals surface area contributed by atoms with E-state index in [1.807, 2.05) is 36.9 Å². The molecule has 2 unspecified atom stereocenters. The van der Waals surface area contributed by atoms with Crippen LogP contribution in [0.1, 0.15) is 45.6 Å². The van der Waals surface area contributed by atoms with Crippen LogP contribution in [-0.2, 0) is 4.74 Å². The number of benzene rings is 1. The van der Waals surface area contributed by atoms with Crippen molar-refractivity contribution in [3.05, 3.63) is 42.0 Å². The predicted molar refractivity (Wildman–Crippen MR) is 114 cm³/mol. The largest absolute Gasteiger partial charge is 0.376 e. The molecule has 30 heavy (non-hydrogen) atoms. The number of hydrogen-bond donors (Lipinski definition) is 1. The number of nitrogens with zero attached hydrogens (tertiary/aromatic N) is 3. The van der Waals surface area contributed by atoms with Crippen LogP contribution < -0.4 is 5.32 Å². The van der Waals surface area contributed by atoms with Gasteiger partial charge in [0, 0.05) is 23.9 Å². The van der Waals surface area contributed by atoms with E-state index in [9.17, 15) is 9.18 Å². The van der Waals surface area contributed by atoms with Crippen molar-refractivity contribution in [3.8, 4) is 11.4 Å². The normalized spacial score (nSPS) is 26.1. The van der Waals surface area contributed by atoms with Crippen molar-refractivity contribution in [2.45, 2.75) is 64.6 Å². The Bertz CT molecular complexity index is 935. The van der Waals surface area contributed by atoms with Gasteiger partial charge in [0.05, 0.1) is 24.0 Å². The Morgan fingerprint density at radius 2 is 2.10 bits per heavy atom. The third-order valence-corrected chi connectivity index (χ3v) is 6.55. The number of fused-ring (bicyclic) bond motifs is 2. The van der Waals surface area contributed by atoms with E-state index in [2.05, 4.69) is 29.1 Å². The van der Waals surface area contributed by atoms with Gasteiger partial charge in [-0.15, -0.1) is 0 Å². The number of carbonyl (C=O) groups excluding carboxylic acids is 1. The van der Waals surface area contributed by atoms with Crippen LogP contribution in [0, 0.1) is 18.7 Å². The average molecular weight is 413 g/mol. The Labute approximate surface area is 176 Å². The van der Waals surface area contributed by atoms with Crippen LogP contribution in [0.2, 0.25) is 0 Å². The molecule has 2 bridgehead atoms. The predicted octanol–water partition coefficient (Wildman–Crippen LogP) is 4.79. The molecule has 1 aromatic carbocycles. The van der Waals surface area contributed by atoms with Crippen molar-refractivity contribution in [1.82, 2.24) is 14.9 Å². The van der Waals surface area contributed by atoms with E-state index < -0.39 is 5.82 Å². The van der Waals surface area contributed by atoms with Gasteiger partial charge in [-0.2, -0.15) is 0 Å². The highest BCUT2D eigenvalue weighted by atomic mass is 19.1. The molecule has 2 amide bonds. The zero-order valence-electron chi connectivity index (χ0n) is 18.0. The fourth-order valence-corrected chi connectivity index (χ4v) is 5.25. The maximum atomic E-state index is 13.3. The Balaban J connectivity index is 1.56.